The lowest BCUT2D eigenvalue weighted by Crippen LogP contribution is -2.30. The molecule has 2 heterocycles. The van der Waals surface area contributed by atoms with E-state index in [1.165, 1.54) is 0 Å². The summed E-state index contributed by atoms with van der Waals surface area (Å²) in [6, 6.07) is 15.7. The molecular weight excluding hydrogens is 374 g/mol. The van der Waals surface area contributed by atoms with Crippen LogP contribution in [-0.4, -0.2) is 34.2 Å². The molecule has 6 heteroatoms. The lowest BCUT2D eigenvalue weighted by atomic mass is 10.0. The first-order chi connectivity index (χ1) is 13.7. The third kappa shape index (κ3) is 3.76. The van der Waals surface area contributed by atoms with Gasteiger partial charge in [0.2, 0.25) is 0 Å². The van der Waals surface area contributed by atoms with Crippen LogP contribution in [-0.2, 0) is 6.54 Å². The molecule has 1 aliphatic rings. The van der Waals surface area contributed by atoms with E-state index in [9.17, 15) is 4.79 Å². The second-order valence-electron chi connectivity index (χ2n) is 6.95. The van der Waals surface area contributed by atoms with Crippen molar-refractivity contribution in [3.05, 3.63) is 82.6 Å². The van der Waals surface area contributed by atoms with Gasteiger partial charge in [0.15, 0.2) is 0 Å². The second-order valence-corrected chi connectivity index (χ2v) is 7.35. The van der Waals surface area contributed by atoms with Gasteiger partial charge >= 0.3 is 0 Å². The summed E-state index contributed by atoms with van der Waals surface area (Å²) in [6.07, 6.45) is 5.40. The normalized spacial score (nSPS) is 16.4. The molecule has 1 amide bonds. The second kappa shape index (κ2) is 8.07. The third-order valence-electron chi connectivity index (χ3n) is 5.18. The molecule has 5 nitrogen and oxygen atoms in total. The number of aromatic nitrogens is 2. The lowest BCUT2D eigenvalue weighted by molar-refractivity contribution is 0.0735. The van der Waals surface area contributed by atoms with E-state index >= 15 is 0 Å². The Labute approximate surface area is 169 Å². The molecule has 0 spiro atoms. The average molecular weight is 396 g/mol. The minimum atomic E-state index is 0.0173. The number of halogens is 1. The van der Waals surface area contributed by atoms with Crippen molar-refractivity contribution in [1.29, 1.82) is 0 Å². The number of likely N-dealkylation sites (tertiary alicyclic amines) is 1. The SMILES string of the molecule is COc1ccc([C@H]2CCCN2C(=O)c2cnn(Cc3ccccc3Cl)c2)cc1. The van der Waals surface area contributed by atoms with Gasteiger partial charge in [0.1, 0.15) is 5.75 Å². The number of carbonyl (C=O) groups is 1. The third-order valence-corrected chi connectivity index (χ3v) is 5.55. The smallest absolute Gasteiger partial charge is 0.257 e. The molecule has 0 N–H and O–H groups in total. The Hall–Kier alpha value is -2.79. The first-order valence-corrected chi connectivity index (χ1v) is 9.74. The van der Waals surface area contributed by atoms with Crippen LogP contribution in [0.3, 0.4) is 0 Å². The molecule has 0 unspecified atom stereocenters. The highest BCUT2D eigenvalue weighted by atomic mass is 35.5. The van der Waals surface area contributed by atoms with Crippen molar-refractivity contribution in [2.75, 3.05) is 13.7 Å². The van der Waals surface area contributed by atoms with Crippen LogP contribution in [0.2, 0.25) is 5.02 Å². The van der Waals surface area contributed by atoms with Crippen molar-refractivity contribution in [2.45, 2.75) is 25.4 Å². The molecule has 1 saturated heterocycles. The lowest BCUT2D eigenvalue weighted by Gasteiger charge is -2.24. The number of benzene rings is 2. The van der Waals surface area contributed by atoms with Gasteiger partial charge in [-0.05, 0) is 42.2 Å². The van der Waals surface area contributed by atoms with Crippen molar-refractivity contribution in [3.63, 3.8) is 0 Å². The van der Waals surface area contributed by atoms with E-state index in [1.54, 1.807) is 24.2 Å². The average Bonchev–Trinajstić information content (AvgIpc) is 3.39. The van der Waals surface area contributed by atoms with Crippen molar-refractivity contribution >= 4 is 17.5 Å². The molecule has 0 radical (unpaired) electrons. The van der Waals surface area contributed by atoms with Crippen molar-refractivity contribution < 1.29 is 9.53 Å². The van der Waals surface area contributed by atoms with Crippen LogP contribution >= 0.6 is 11.6 Å². The summed E-state index contributed by atoms with van der Waals surface area (Å²) < 4.78 is 6.99. The van der Waals surface area contributed by atoms with E-state index in [1.807, 2.05) is 53.4 Å². The highest BCUT2D eigenvalue weighted by molar-refractivity contribution is 6.31. The molecule has 0 saturated carbocycles. The van der Waals surface area contributed by atoms with Crippen molar-refractivity contribution in [2.24, 2.45) is 0 Å². The zero-order valence-corrected chi connectivity index (χ0v) is 16.5. The minimum absolute atomic E-state index is 0.0173. The molecule has 3 aromatic rings. The standard InChI is InChI=1S/C22H22ClN3O2/c1-28-19-10-8-16(9-11-19)21-7-4-12-26(21)22(27)18-13-24-25(15-18)14-17-5-2-3-6-20(17)23/h2-3,5-6,8-11,13,15,21H,4,7,12,14H2,1H3/t21-/m1/s1. The molecule has 1 fully saturated rings. The predicted molar refractivity (Wildman–Crippen MR) is 109 cm³/mol. The fraction of sp³-hybridized carbons (Fsp3) is 0.273. The van der Waals surface area contributed by atoms with Crippen molar-refractivity contribution in [3.8, 4) is 5.75 Å². The van der Waals surface area contributed by atoms with Gasteiger partial charge in [0.05, 0.1) is 31.5 Å². The Morgan fingerprint density at radius 2 is 2.00 bits per heavy atom. The first kappa shape index (κ1) is 18.6. The summed E-state index contributed by atoms with van der Waals surface area (Å²) in [5.41, 5.74) is 2.71. The molecular formula is C22H22ClN3O2. The van der Waals surface area contributed by atoms with Gasteiger partial charge in [0.25, 0.3) is 5.91 Å². The topological polar surface area (TPSA) is 47.4 Å². The maximum atomic E-state index is 13.1. The zero-order valence-electron chi connectivity index (χ0n) is 15.7. The van der Waals surface area contributed by atoms with Crippen LogP contribution in [0.25, 0.3) is 0 Å². The maximum absolute atomic E-state index is 13.1. The molecule has 1 atom stereocenters. The minimum Gasteiger partial charge on any atom is -0.497 e. The zero-order chi connectivity index (χ0) is 19.5. The van der Waals surface area contributed by atoms with E-state index in [4.69, 9.17) is 16.3 Å². The molecule has 144 valence electrons. The number of methoxy groups -OCH3 is 1. The number of hydrogen-bond acceptors (Lipinski definition) is 3. The quantitative estimate of drug-likeness (QED) is 0.635. The van der Waals surface area contributed by atoms with E-state index in [2.05, 4.69) is 5.10 Å². The number of amides is 1. The number of rotatable bonds is 5. The van der Waals surface area contributed by atoms with Crippen LogP contribution in [0.5, 0.6) is 5.75 Å². The van der Waals surface area contributed by atoms with Gasteiger partial charge in [0, 0.05) is 17.8 Å². The summed E-state index contributed by atoms with van der Waals surface area (Å²) >= 11 is 6.23. The van der Waals surface area contributed by atoms with Gasteiger partial charge in [-0.25, -0.2) is 0 Å². The number of carbonyl (C=O) groups excluding carboxylic acids is 1. The monoisotopic (exact) mass is 395 g/mol. The summed E-state index contributed by atoms with van der Waals surface area (Å²) in [5.74, 6) is 0.837. The summed E-state index contributed by atoms with van der Waals surface area (Å²) in [5, 5.41) is 5.06. The van der Waals surface area contributed by atoms with Gasteiger partial charge in [-0.2, -0.15) is 5.10 Å². The van der Waals surface area contributed by atoms with E-state index in [0.29, 0.717) is 17.1 Å². The molecule has 0 bridgehead atoms. The number of hydrogen-bond donors (Lipinski definition) is 0. The fourth-order valence-electron chi connectivity index (χ4n) is 3.71. The van der Waals surface area contributed by atoms with Crippen LogP contribution in [0, 0.1) is 0 Å². The van der Waals surface area contributed by atoms with Crippen LogP contribution in [0.1, 0.15) is 40.4 Å². The van der Waals surface area contributed by atoms with E-state index < -0.39 is 0 Å². The largest absolute Gasteiger partial charge is 0.497 e. The molecule has 4 rings (SSSR count). The van der Waals surface area contributed by atoms with Gasteiger partial charge in [-0.15, -0.1) is 0 Å². The summed E-state index contributed by atoms with van der Waals surface area (Å²) in [7, 11) is 1.65. The summed E-state index contributed by atoms with van der Waals surface area (Å²) in [6.45, 7) is 1.29. The Morgan fingerprint density at radius 3 is 2.75 bits per heavy atom. The fourth-order valence-corrected chi connectivity index (χ4v) is 3.91. The summed E-state index contributed by atoms with van der Waals surface area (Å²) in [4.78, 5) is 15.1. The molecule has 28 heavy (non-hydrogen) atoms. The molecule has 0 aliphatic carbocycles. The molecule has 1 aliphatic heterocycles. The Morgan fingerprint density at radius 1 is 1.21 bits per heavy atom. The van der Waals surface area contributed by atoms with Gasteiger partial charge < -0.3 is 9.64 Å². The Balaban J connectivity index is 1.50. The van der Waals surface area contributed by atoms with Crippen LogP contribution in [0.4, 0.5) is 0 Å². The van der Waals surface area contributed by atoms with E-state index in [0.717, 1.165) is 36.3 Å². The van der Waals surface area contributed by atoms with Crippen LogP contribution in [0.15, 0.2) is 60.9 Å². The number of ether oxygens (including phenoxy) is 1. The highest BCUT2D eigenvalue weighted by Gasteiger charge is 2.31. The highest BCUT2D eigenvalue weighted by Crippen LogP contribution is 2.33. The van der Waals surface area contributed by atoms with Gasteiger partial charge in [-0.1, -0.05) is 41.9 Å². The van der Waals surface area contributed by atoms with Gasteiger partial charge in [-0.3, -0.25) is 9.48 Å². The molecule has 1 aromatic heterocycles. The number of nitrogens with zero attached hydrogens (tertiary/aromatic N) is 3. The Kier molecular flexibility index (Phi) is 5.35. The van der Waals surface area contributed by atoms with E-state index in [-0.39, 0.29) is 11.9 Å². The predicted octanol–water partition coefficient (Wildman–Crippen LogP) is 4.57. The molecule has 2 aromatic carbocycles. The van der Waals surface area contributed by atoms with Crippen molar-refractivity contribution in [1.82, 2.24) is 14.7 Å². The maximum Gasteiger partial charge on any atom is 0.257 e. The van der Waals surface area contributed by atoms with Crippen LogP contribution < -0.4 is 4.74 Å². The Bertz CT molecular complexity index is 968. The first-order valence-electron chi connectivity index (χ1n) is 9.36.